The Kier molecular flexibility index (Phi) is 5.36. The number of esters is 2. The van der Waals surface area contributed by atoms with E-state index in [-0.39, 0.29) is 0 Å². The molecule has 0 bridgehead atoms. The van der Waals surface area contributed by atoms with Gasteiger partial charge >= 0.3 is 11.9 Å². The molecule has 0 saturated carbocycles. The summed E-state index contributed by atoms with van der Waals surface area (Å²) in [5.41, 5.74) is 3.65. The molecular formula is C23H20O4. The van der Waals surface area contributed by atoms with E-state index in [1.54, 1.807) is 49.4 Å². The van der Waals surface area contributed by atoms with Crippen LogP contribution in [0.3, 0.4) is 0 Å². The lowest BCUT2D eigenvalue weighted by molar-refractivity contribution is 0.0718. The summed E-state index contributed by atoms with van der Waals surface area (Å²) in [5.74, 6) is -0.0277. The van der Waals surface area contributed by atoms with Crippen LogP contribution in [-0.2, 0) is 0 Å². The molecule has 0 N–H and O–H groups in total. The van der Waals surface area contributed by atoms with Gasteiger partial charge in [0.2, 0.25) is 0 Å². The fourth-order valence-electron chi connectivity index (χ4n) is 2.67. The van der Waals surface area contributed by atoms with E-state index in [4.69, 9.17) is 9.47 Å². The van der Waals surface area contributed by atoms with Crippen LogP contribution < -0.4 is 9.47 Å². The standard InChI is InChI=1S/C23H20O4/c1-15-6-4-8-18(12-15)22(24)26-20-10-11-21(17(3)14-20)27-23(25)19-9-5-7-16(2)13-19/h4-14H,1-3H3. The van der Waals surface area contributed by atoms with Crippen LogP contribution in [-0.4, -0.2) is 11.9 Å². The molecule has 0 atom stereocenters. The van der Waals surface area contributed by atoms with Gasteiger partial charge in [0.05, 0.1) is 11.1 Å². The fraction of sp³-hybridized carbons (Fsp3) is 0.130. The molecule has 4 heteroatoms. The molecule has 0 amide bonds. The van der Waals surface area contributed by atoms with Crippen molar-refractivity contribution in [1.82, 2.24) is 0 Å². The smallest absolute Gasteiger partial charge is 0.343 e. The minimum absolute atomic E-state index is 0.398. The minimum Gasteiger partial charge on any atom is -0.423 e. The molecule has 0 saturated heterocycles. The van der Waals surface area contributed by atoms with Crippen LogP contribution >= 0.6 is 0 Å². The Bertz CT molecular complexity index is 1000. The summed E-state index contributed by atoms with van der Waals surface area (Å²) in [6.07, 6.45) is 0. The predicted molar refractivity (Wildman–Crippen MR) is 103 cm³/mol. The van der Waals surface area contributed by atoms with Gasteiger partial charge in [0.25, 0.3) is 0 Å². The Balaban J connectivity index is 1.72. The molecule has 3 aromatic rings. The van der Waals surface area contributed by atoms with Gasteiger partial charge in [-0.05, 0) is 68.8 Å². The van der Waals surface area contributed by atoms with Gasteiger partial charge in [0.15, 0.2) is 0 Å². The Morgan fingerprint density at radius 1 is 0.667 bits per heavy atom. The number of benzene rings is 3. The van der Waals surface area contributed by atoms with E-state index in [0.717, 1.165) is 11.1 Å². The number of aryl methyl sites for hydroxylation is 3. The van der Waals surface area contributed by atoms with Crippen LogP contribution in [0.5, 0.6) is 11.5 Å². The summed E-state index contributed by atoms with van der Waals surface area (Å²) in [6.45, 7) is 5.63. The van der Waals surface area contributed by atoms with Gasteiger partial charge in [-0.3, -0.25) is 0 Å². The first-order chi connectivity index (χ1) is 12.9. The molecule has 0 unspecified atom stereocenters. The maximum Gasteiger partial charge on any atom is 0.343 e. The van der Waals surface area contributed by atoms with E-state index >= 15 is 0 Å². The Labute approximate surface area is 158 Å². The monoisotopic (exact) mass is 360 g/mol. The normalized spacial score (nSPS) is 10.3. The first-order valence-corrected chi connectivity index (χ1v) is 8.61. The summed E-state index contributed by atoms with van der Waals surface area (Å²) >= 11 is 0. The van der Waals surface area contributed by atoms with E-state index in [0.29, 0.717) is 28.2 Å². The molecule has 136 valence electrons. The van der Waals surface area contributed by atoms with Crippen LogP contribution in [0.15, 0.2) is 66.7 Å². The van der Waals surface area contributed by atoms with Crippen molar-refractivity contribution >= 4 is 11.9 Å². The van der Waals surface area contributed by atoms with Gasteiger partial charge in [0, 0.05) is 0 Å². The summed E-state index contributed by atoms with van der Waals surface area (Å²) in [5, 5.41) is 0. The lowest BCUT2D eigenvalue weighted by Gasteiger charge is -2.10. The second-order valence-corrected chi connectivity index (χ2v) is 6.45. The Hall–Kier alpha value is -3.40. The van der Waals surface area contributed by atoms with Crippen molar-refractivity contribution in [2.45, 2.75) is 20.8 Å². The van der Waals surface area contributed by atoms with Gasteiger partial charge < -0.3 is 9.47 Å². The summed E-state index contributed by atoms with van der Waals surface area (Å²) in [7, 11) is 0. The number of rotatable bonds is 4. The molecule has 0 aliphatic heterocycles. The van der Waals surface area contributed by atoms with Crippen molar-refractivity contribution in [3.05, 3.63) is 94.5 Å². The Morgan fingerprint density at radius 2 is 1.22 bits per heavy atom. The average Bonchev–Trinajstić information content (AvgIpc) is 2.64. The highest BCUT2D eigenvalue weighted by atomic mass is 16.5. The summed E-state index contributed by atoms with van der Waals surface area (Å²) in [4.78, 5) is 24.5. The first kappa shape index (κ1) is 18.4. The van der Waals surface area contributed by atoms with Crippen molar-refractivity contribution in [1.29, 1.82) is 0 Å². The molecule has 0 aliphatic carbocycles. The highest BCUT2D eigenvalue weighted by molar-refractivity contribution is 5.92. The quantitative estimate of drug-likeness (QED) is 0.482. The highest BCUT2D eigenvalue weighted by Gasteiger charge is 2.13. The van der Waals surface area contributed by atoms with Crippen LogP contribution in [0.1, 0.15) is 37.4 Å². The van der Waals surface area contributed by atoms with Gasteiger partial charge in [-0.1, -0.05) is 35.4 Å². The molecule has 3 rings (SSSR count). The zero-order valence-electron chi connectivity index (χ0n) is 15.5. The molecule has 0 aliphatic rings. The van der Waals surface area contributed by atoms with Crippen LogP contribution in [0.4, 0.5) is 0 Å². The third-order valence-electron chi connectivity index (χ3n) is 4.07. The third kappa shape index (κ3) is 4.61. The minimum atomic E-state index is -0.428. The fourth-order valence-corrected chi connectivity index (χ4v) is 2.67. The van der Waals surface area contributed by atoms with Crippen molar-refractivity contribution in [3.8, 4) is 11.5 Å². The number of carbonyl (C=O) groups is 2. The summed E-state index contributed by atoms with van der Waals surface area (Å²) in [6, 6.07) is 19.3. The van der Waals surface area contributed by atoms with E-state index < -0.39 is 11.9 Å². The maximum atomic E-state index is 12.3. The molecule has 0 aromatic heterocycles. The van der Waals surface area contributed by atoms with E-state index in [9.17, 15) is 9.59 Å². The van der Waals surface area contributed by atoms with Crippen LogP contribution in [0.2, 0.25) is 0 Å². The molecule has 4 nitrogen and oxygen atoms in total. The third-order valence-corrected chi connectivity index (χ3v) is 4.07. The van der Waals surface area contributed by atoms with Gasteiger partial charge in [-0.15, -0.1) is 0 Å². The van der Waals surface area contributed by atoms with Gasteiger partial charge in [-0.25, -0.2) is 9.59 Å². The average molecular weight is 360 g/mol. The topological polar surface area (TPSA) is 52.6 Å². The van der Waals surface area contributed by atoms with Gasteiger partial charge in [0.1, 0.15) is 11.5 Å². The van der Waals surface area contributed by atoms with Gasteiger partial charge in [-0.2, -0.15) is 0 Å². The lowest BCUT2D eigenvalue weighted by atomic mass is 10.1. The maximum absolute atomic E-state index is 12.3. The second-order valence-electron chi connectivity index (χ2n) is 6.45. The summed E-state index contributed by atoms with van der Waals surface area (Å²) < 4.78 is 10.9. The molecule has 0 radical (unpaired) electrons. The van der Waals surface area contributed by atoms with E-state index in [1.807, 2.05) is 38.1 Å². The van der Waals surface area contributed by atoms with E-state index in [2.05, 4.69) is 0 Å². The van der Waals surface area contributed by atoms with Crippen molar-refractivity contribution in [3.63, 3.8) is 0 Å². The zero-order chi connectivity index (χ0) is 19.4. The molecule has 0 heterocycles. The number of hydrogen-bond acceptors (Lipinski definition) is 4. The lowest BCUT2D eigenvalue weighted by Crippen LogP contribution is -2.10. The second kappa shape index (κ2) is 7.87. The molecule has 27 heavy (non-hydrogen) atoms. The zero-order valence-corrected chi connectivity index (χ0v) is 15.5. The molecule has 3 aromatic carbocycles. The largest absolute Gasteiger partial charge is 0.423 e. The number of hydrogen-bond donors (Lipinski definition) is 0. The highest BCUT2D eigenvalue weighted by Crippen LogP contribution is 2.25. The van der Waals surface area contributed by atoms with Crippen molar-refractivity contribution < 1.29 is 19.1 Å². The van der Waals surface area contributed by atoms with Crippen LogP contribution in [0.25, 0.3) is 0 Å². The number of ether oxygens (including phenoxy) is 2. The van der Waals surface area contributed by atoms with Crippen molar-refractivity contribution in [2.24, 2.45) is 0 Å². The first-order valence-electron chi connectivity index (χ1n) is 8.61. The molecule has 0 spiro atoms. The van der Waals surface area contributed by atoms with Crippen molar-refractivity contribution in [2.75, 3.05) is 0 Å². The van der Waals surface area contributed by atoms with Crippen LogP contribution in [0, 0.1) is 20.8 Å². The molecule has 0 fully saturated rings. The predicted octanol–water partition coefficient (Wildman–Crippen LogP) is 5.05. The molecular weight excluding hydrogens is 340 g/mol. The number of carbonyl (C=O) groups excluding carboxylic acids is 2. The Morgan fingerprint density at radius 3 is 1.74 bits per heavy atom. The SMILES string of the molecule is Cc1cccc(C(=O)Oc2ccc(OC(=O)c3cccc(C)c3)c(C)c2)c1. The van der Waals surface area contributed by atoms with E-state index in [1.165, 1.54) is 0 Å².